The fourth-order valence-corrected chi connectivity index (χ4v) is 3.37. The molecule has 0 aromatic heterocycles. The standard InChI is InChI=1S/C20H29N3O3/c1-2-26-20(24)17-13-16-6-5-15(12-18(16)22-19(21)14-17)4-3-7-23-8-10-25-11-9-23/h5-6,12-13,20,24H,2-4,7-11,14H2,1H3,(H2,21,22). The number of aliphatic hydroxyl groups is 1. The van der Waals surface area contributed by atoms with Gasteiger partial charge in [0, 0.05) is 31.7 Å². The average molecular weight is 359 g/mol. The number of nitrogens with two attached hydrogens (primary N) is 1. The zero-order valence-electron chi connectivity index (χ0n) is 15.5. The smallest absolute Gasteiger partial charge is 0.177 e. The number of fused-ring (bicyclic) bond motifs is 1. The quantitative estimate of drug-likeness (QED) is 0.729. The average Bonchev–Trinajstić information content (AvgIpc) is 2.80. The highest BCUT2D eigenvalue weighted by Gasteiger charge is 2.17. The van der Waals surface area contributed by atoms with Crippen LogP contribution in [0.1, 0.15) is 30.9 Å². The van der Waals surface area contributed by atoms with Crippen molar-refractivity contribution in [3.63, 3.8) is 0 Å². The van der Waals surface area contributed by atoms with Crippen LogP contribution in [-0.2, 0) is 15.9 Å². The Kier molecular flexibility index (Phi) is 6.80. The summed E-state index contributed by atoms with van der Waals surface area (Å²) in [5.41, 5.74) is 9.88. The van der Waals surface area contributed by atoms with Crippen LogP contribution in [0.25, 0.3) is 6.08 Å². The molecule has 3 N–H and O–H groups in total. The number of amidine groups is 1. The fourth-order valence-electron chi connectivity index (χ4n) is 3.37. The third kappa shape index (κ3) is 5.14. The summed E-state index contributed by atoms with van der Waals surface area (Å²) >= 11 is 0. The van der Waals surface area contributed by atoms with E-state index in [-0.39, 0.29) is 0 Å². The number of morpholine rings is 1. The van der Waals surface area contributed by atoms with E-state index in [0.29, 0.717) is 18.9 Å². The number of rotatable bonds is 7. The fraction of sp³-hybridized carbons (Fsp3) is 0.550. The molecule has 0 bridgehead atoms. The monoisotopic (exact) mass is 359 g/mol. The molecule has 0 amide bonds. The Morgan fingerprint density at radius 3 is 2.92 bits per heavy atom. The van der Waals surface area contributed by atoms with Crippen LogP contribution in [0.15, 0.2) is 28.8 Å². The summed E-state index contributed by atoms with van der Waals surface area (Å²) in [7, 11) is 0. The van der Waals surface area contributed by atoms with E-state index in [1.807, 2.05) is 13.0 Å². The number of aryl methyl sites for hydroxylation is 1. The summed E-state index contributed by atoms with van der Waals surface area (Å²) in [5, 5.41) is 10.1. The van der Waals surface area contributed by atoms with E-state index in [0.717, 1.165) is 62.5 Å². The first-order valence-electron chi connectivity index (χ1n) is 9.42. The molecular weight excluding hydrogens is 330 g/mol. The van der Waals surface area contributed by atoms with Crippen molar-refractivity contribution < 1.29 is 14.6 Å². The van der Waals surface area contributed by atoms with E-state index >= 15 is 0 Å². The Labute approximate surface area is 155 Å². The molecule has 1 saturated heterocycles. The van der Waals surface area contributed by atoms with Gasteiger partial charge in [-0.1, -0.05) is 12.1 Å². The predicted octanol–water partition coefficient (Wildman–Crippen LogP) is 2.08. The Morgan fingerprint density at radius 1 is 1.35 bits per heavy atom. The molecule has 0 saturated carbocycles. The van der Waals surface area contributed by atoms with Gasteiger partial charge in [0.15, 0.2) is 6.29 Å². The molecule has 1 aromatic carbocycles. The van der Waals surface area contributed by atoms with Gasteiger partial charge in [0.05, 0.1) is 18.9 Å². The minimum absolute atomic E-state index is 0.419. The van der Waals surface area contributed by atoms with Crippen LogP contribution < -0.4 is 5.73 Å². The van der Waals surface area contributed by atoms with E-state index in [1.165, 1.54) is 5.56 Å². The number of nitrogens with zero attached hydrogens (tertiary/aromatic N) is 2. The first-order chi connectivity index (χ1) is 12.7. The lowest BCUT2D eigenvalue weighted by Crippen LogP contribution is -2.36. The van der Waals surface area contributed by atoms with Gasteiger partial charge in [-0.05, 0) is 49.6 Å². The van der Waals surface area contributed by atoms with E-state index in [9.17, 15) is 5.11 Å². The van der Waals surface area contributed by atoms with Crippen molar-refractivity contribution in [1.29, 1.82) is 0 Å². The van der Waals surface area contributed by atoms with Crippen molar-refractivity contribution in [1.82, 2.24) is 4.90 Å². The first-order valence-corrected chi connectivity index (χ1v) is 9.42. The number of aliphatic hydroxyl groups excluding tert-OH is 1. The zero-order valence-corrected chi connectivity index (χ0v) is 15.5. The van der Waals surface area contributed by atoms with E-state index in [4.69, 9.17) is 15.2 Å². The van der Waals surface area contributed by atoms with Gasteiger partial charge in [-0.3, -0.25) is 4.90 Å². The SMILES string of the molecule is CCOC(O)C1=Cc2ccc(CCCN3CCOCC3)cc2N=C(N)C1. The maximum atomic E-state index is 10.1. The molecule has 1 aromatic rings. The van der Waals surface area contributed by atoms with Crippen LogP contribution in [0.5, 0.6) is 0 Å². The van der Waals surface area contributed by atoms with E-state index < -0.39 is 6.29 Å². The van der Waals surface area contributed by atoms with E-state index in [2.05, 4.69) is 28.1 Å². The number of ether oxygens (including phenoxy) is 2. The lowest BCUT2D eigenvalue weighted by Gasteiger charge is -2.26. The largest absolute Gasteiger partial charge is 0.387 e. The molecule has 2 heterocycles. The Bertz CT molecular complexity index is 666. The highest BCUT2D eigenvalue weighted by atomic mass is 16.6. The van der Waals surface area contributed by atoms with Gasteiger partial charge in [-0.15, -0.1) is 0 Å². The summed E-state index contributed by atoms with van der Waals surface area (Å²) in [6.45, 7) is 7.14. The summed E-state index contributed by atoms with van der Waals surface area (Å²) in [5.74, 6) is 0.499. The summed E-state index contributed by atoms with van der Waals surface area (Å²) in [6.07, 6.45) is 3.55. The van der Waals surface area contributed by atoms with Gasteiger partial charge >= 0.3 is 0 Å². The third-order valence-corrected chi connectivity index (χ3v) is 4.77. The molecule has 6 nitrogen and oxygen atoms in total. The Balaban J connectivity index is 1.66. The molecule has 0 radical (unpaired) electrons. The molecule has 0 spiro atoms. The summed E-state index contributed by atoms with van der Waals surface area (Å²) in [6, 6.07) is 6.30. The van der Waals surface area contributed by atoms with Crippen LogP contribution in [0, 0.1) is 0 Å². The van der Waals surface area contributed by atoms with Gasteiger partial charge in [-0.25, -0.2) is 4.99 Å². The normalized spacial score (nSPS) is 19.3. The molecule has 142 valence electrons. The van der Waals surface area contributed by atoms with Crippen molar-refractivity contribution in [3.05, 3.63) is 34.9 Å². The van der Waals surface area contributed by atoms with Crippen LogP contribution >= 0.6 is 0 Å². The predicted molar refractivity (Wildman–Crippen MR) is 104 cm³/mol. The molecule has 2 aliphatic rings. The zero-order chi connectivity index (χ0) is 18.4. The Hall–Kier alpha value is -1.73. The molecule has 6 heteroatoms. The number of hydrogen-bond donors (Lipinski definition) is 2. The third-order valence-electron chi connectivity index (χ3n) is 4.77. The summed E-state index contributed by atoms with van der Waals surface area (Å²) < 4.78 is 10.7. The van der Waals surface area contributed by atoms with Gasteiger partial charge in [-0.2, -0.15) is 0 Å². The molecule has 0 aliphatic carbocycles. The van der Waals surface area contributed by atoms with E-state index in [1.54, 1.807) is 0 Å². The number of aliphatic imine (C=N–C) groups is 1. The van der Waals surface area contributed by atoms with Crippen molar-refractivity contribution in [2.45, 2.75) is 32.5 Å². The number of benzene rings is 1. The van der Waals surface area contributed by atoms with Crippen LogP contribution in [-0.4, -0.2) is 61.6 Å². The molecule has 1 unspecified atom stereocenters. The van der Waals surface area contributed by atoms with Gasteiger partial charge in [0.25, 0.3) is 0 Å². The molecule has 1 atom stereocenters. The highest BCUT2D eigenvalue weighted by molar-refractivity contribution is 5.90. The van der Waals surface area contributed by atoms with Crippen LogP contribution in [0.4, 0.5) is 5.69 Å². The van der Waals surface area contributed by atoms with Gasteiger partial charge in [0.1, 0.15) is 5.84 Å². The lowest BCUT2D eigenvalue weighted by atomic mass is 10.0. The molecule has 1 fully saturated rings. The van der Waals surface area contributed by atoms with Crippen molar-refractivity contribution in [2.24, 2.45) is 10.7 Å². The molecule has 26 heavy (non-hydrogen) atoms. The minimum atomic E-state index is -0.937. The highest BCUT2D eigenvalue weighted by Crippen LogP contribution is 2.29. The second kappa shape index (κ2) is 9.28. The molecule has 3 rings (SSSR count). The van der Waals surface area contributed by atoms with Crippen molar-refractivity contribution in [2.75, 3.05) is 39.5 Å². The van der Waals surface area contributed by atoms with Gasteiger partial charge in [0.2, 0.25) is 0 Å². The first kappa shape index (κ1) is 19.0. The maximum absolute atomic E-state index is 10.1. The van der Waals surface area contributed by atoms with Crippen LogP contribution in [0.2, 0.25) is 0 Å². The second-order valence-corrected chi connectivity index (χ2v) is 6.76. The molecule has 2 aliphatic heterocycles. The Morgan fingerprint density at radius 2 is 2.15 bits per heavy atom. The lowest BCUT2D eigenvalue weighted by molar-refractivity contribution is -0.0670. The maximum Gasteiger partial charge on any atom is 0.177 e. The van der Waals surface area contributed by atoms with Crippen molar-refractivity contribution in [3.8, 4) is 0 Å². The number of hydrogen-bond acceptors (Lipinski definition) is 6. The second-order valence-electron chi connectivity index (χ2n) is 6.76. The van der Waals surface area contributed by atoms with Crippen molar-refractivity contribution >= 4 is 17.6 Å². The minimum Gasteiger partial charge on any atom is -0.387 e. The van der Waals surface area contributed by atoms with Crippen LogP contribution in [0.3, 0.4) is 0 Å². The topological polar surface area (TPSA) is 80.3 Å². The molecular formula is C20H29N3O3. The van der Waals surface area contributed by atoms with Gasteiger partial charge < -0.3 is 20.3 Å². The summed E-state index contributed by atoms with van der Waals surface area (Å²) in [4.78, 5) is 6.99.